The maximum Gasteiger partial charge on any atom is 0.273 e. The van der Waals surface area contributed by atoms with Crippen molar-refractivity contribution < 1.29 is 13.2 Å². The quantitative estimate of drug-likeness (QED) is 0.879. The van der Waals surface area contributed by atoms with E-state index in [0.717, 1.165) is 0 Å². The van der Waals surface area contributed by atoms with Crippen LogP contribution in [0.1, 0.15) is 21.6 Å². The molecule has 1 amide bonds. The number of benzene rings is 1. The van der Waals surface area contributed by atoms with Gasteiger partial charge in [0.25, 0.3) is 5.91 Å². The molecule has 0 spiro atoms. The summed E-state index contributed by atoms with van der Waals surface area (Å²) in [6.45, 7) is 3.42. The monoisotopic (exact) mass is 308 g/mol. The van der Waals surface area contributed by atoms with Crippen LogP contribution in [0.3, 0.4) is 0 Å². The van der Waals surface area contributed by atoms with E-state index in [4.69, 9.17) is 5.14 Å². The molecule has 7 nitrogen and oxygen atoms in total. The molecular weight excluding hydrogens is 292 g/mol. The molecule has 0 radical (unpaired) electrons. The van der Waals surface area contributed by atoms with E-state index in [1.54, 1.807) is 25.5 Å². The van der Waals surface area contributed by atoms with E-state index in [9.17, 15) is 13.2 Å². The molecule has 0 aliphatic carbocycles. The Labute approximate surface area is 122 Å². The number of nitrogens with zero attached hydrogens (tertiary/aromatic N) is 2. The number of rotatable bonds is 3. The van der Waals surface area contributed by atoms with Crippen LogP contribution in [0.2, 0.25) is 0 Å². The first-order chi connectivity index (χ1) is 9.70. The van der Waals surface area contributed by atoms with Crippen LogP contribution in [0.15, 0.2) is 29.6 Å². The third-order valence-corrected chi connectivity index (χ3v) is 4.02. The fraction of sp³-hybridized carbons (Fsp3) is 0.231. The van der Waals surface area contributed by atoms with Crippen LogP contribution >= 0.6 is 0 Å². The molecule has 3 N–H and O–H groups in total. The van der Waals surface area contributed by atoms with Gasteiger partial charge in [-0.25, -0.2) is 18.5 Å². The summed E-state index contributed by atoms with van der Waals surface area (Å²) in [6, 6.07) is 2.86. The molecule has 1 aromatic heterocycles. The second-order valence-corrected chi connectivity index (χ2v) is 6.38. The molecule has 0 saturated carbocycles. The molecule has 2 rings (SSSR count). The van der Waals surface area contributed by atoms with E-state index < -0.39 is 10.0 Å². The summed E-state index contributed by atoms with van der Waals surface area (Å²) < 4.78 is 24.4. The third-order valence-electron chi connectivity index (χ3n) is 3.12. The minimum absolute atomic E-state index is 0.0241. The fourth-order valence-corrected chi connectivity index (χ4v) is 2.72. The first-order valence-electron chi connectivity index (χ1n) is 6.12. The van der Waals surface area contributed by atoms with Crippen LogP contribution in [-0.2, 0) is 17.1 Å². The summed E-state index contributed by atoms with van der Waals surface area (Å²) in [6.07, 6.45) is 2.98. The second-order valence-electron chi connectivity index (χ2n) is 4.82. The van der Waals surface area contributed by atoms with Gasteiger partial charge in [-0.15, -0.1) is 0 Å². The Morgan fingerprint density at radius 3 is 2.29 bits per heavy atom. The van der Waals surface area contributed by atoms with Gasteiger partial charge >= 0.3 is 0 Å². The van der Waals surface area contributed by atoms with Crippen molar-refractivity contribution in [2.75, 3.05) is 5.32 Å². The summed E-state index contributed by atoms with van der Waals surface area (Å²) >= 11 is 0. The Kier molecular flexibility index (Phi) is 3.84. The number of anilines is 1. The van der Waals surface area contributed by atoms with E-state index in [1.807, 2.05) is 0 Å². The van der Waals surface area contributed by atoms with Crippen LogP contribution in [0, 0.1) is 13.8 Å². The van der Waals surface area contributed by atoms with Crippen LogP contribution in [-0.4, -0.2) is 23.9 Å². The Morgan fingerprint density at radius 2 is 1.86 bits per heavy atom. The Hall–Kier alpha value is -2.19. The number of imidazole rings is 1. The zero-order valence-corrected chi connectivity index (χ0v) is 12.7. The lowest BCUT2D eigenvalue weighted by Gasteiger charge is -2.13. The number of aryl methyl sites for hydroxylation is 3. The van der Waals surface area contributed by atoms with E-state index in [0.29, 0.717) is 22.5 Å². The summed E-state index contributed by atoms with van der Waals surface area (Å²) in [7, 11) is -2.06. The number of sulfonamides is 1. The molecule has 0 aliphatic rings. The predicted octanol–water partition coefficient (Wildman–Crippen LogP) is 0.937. The van der Waals surface area contributed by atoms with Crippen molar-refractivity contribution in [1.29, 1.82) is 0 Å². The van der Waals surface area contributed by atoms with Crippen molar-refractivity contribution in [3.63, 3.8) is 0 Å². The maximum atomic E-state index is 12.2. The number of aromatic nitrogens is 2. The van der Waals surface area contributed by atoms with Gasteiger partial charge in [-0.3, -0.25) is 4.79 Å². The molecule has 8 heteroatoms. The molecule has 0 atom stereocenters. The number of nitrogens with two attached hydrogens (primary N) is 1. The highest BCUT2D eigenvalue weighted by Crippen LogP contribution is 2.24. The summed E-state index contributed by atoms with van der Waals surface area (Å²) in [4.78, 5) is 16.1. The molecule has 0 bridgehead atoms. The molecule has 112 valence electrons. The van der Waals surface area contributed by atoms with Crippen LogP contribution in [0.5, 0.6) is 0 Å². The SMILES string of the molecule is Cc1cc(S(N)(=O)=O)cc(C)c1NC(=O)c1cncn1C. The highest BCUT2D eigenvalue weighted by molar-refractivity contribution is 7.89. The summed E-state index contributed by atoms with van der Waals surface area (Å²) in [5, 5.41) is 7.88. The van der Waals surface area contributed by atoms with Gasteiger partial charge in [0.15, 0.2) is 0 Å². The van der Waals surface area contributed by atoms with Crippen LogP contribution in [0.25, 0.3) is 0 Å². The van der Waals surface area contributed by atoms with Crippen molar-refractivity contribution in [2.45, 2.75) is 18.7 Å². The van der Waals surface area contributed by atoms with Gasteiger partial charge in [0.2, 0.25) is 10.0 Å². The molecule has 2 aromatic rings. The number of carbonyl (C=O) groups is 1. The Bertz CT molecular complexity index is 786. The largest absolute Gasteiger partial charge is 0.330 e. The van der Waals surface area contributed by atoms with Crippen molar-refractivity contribution in [1.82, 2.24) is 9.55 Å². The highest BCUT2D eigenvalue weighted by atomic mass is 32.2. The lowest BCUT2D eigenvalue weighted by atomic mass is 10.1. The topological polar surface area (TPSA) is 107 Å². The molecule has 0 saturated heterocycles. The zero-order valence-electron chi connectivity index (χ0n) is 11.9. The van der Waals surface area contributed by atoms with E-state index >= 15 is 0 Å². The number of amides is 1. The Morgan fingerprint density at radius 1 is 1.29 bits per heavy atom. The number of carbonyl (C=O) groups excluding carboxylic acids is 1. The highest BCUT2D eigenvalue weighted by Gasteiger charge is 2.16. The standard InChI is InChI=1S/C13H16N4O3S/c1-8-4-10(21(14,19)20)5-9(2)12(8)16-13(18)11-6-15-7-17(11)3/h4-7H,1-3H3,(H,16,18)(H2,14,19,20). The van der Waals surface area contributed by atoms with E-state index in [1.165, 1.54) is 24.7 Å². The lowest BCUT2D eigenvalue weighted by molar-refractivity contribution is 0.101. The lowest BCUT2D eigenvalue weighted by Crippen LogP contribution is -2.18. The molecule has 0 fully saturated rings. The summed E-state index contributed by atoms with van der Waals surface area (Å²) in [5.41, 5.74) is 2.21. The average Bonchev–Trinajstić information content (AvgIpc) is 2.78. The number of hydrogen-bond donors (Lipinski definition) is 2. The van der Waals surface area contributed by atoms with E-state index in [-0.39, 0.29) is 10.8 Å². The van der Waals surface area contributed by atoms with Crippen molar-refractivity contribution in [3.05, 3.63) is 41.5 Å². The van der Waals surface area contributed by atoms with Gasteiger partial charge in [0, 0.05) is 12.7 Å². The first-order valence-corrected chi connectivity index (χ1v) is 7.66. The van der Waals surface area contributed by atoms with Gasteiger partial charge in [-0.05, 0) is 37.1 Å². The molecule has 0 unspecified atom stereocenters. The first kappa shape index (κ1) is 15.2. The molecule has 1 aromatic carbocycles. The van der Waals surface area contributed by atoms with Gasteiger partial charge in [0.05, 0.1) is 17.4 Å². The van der Waals surface area contributed by atoms with Gasteiger partial charge in [-0.2, -0.15) is 0 Å². The number of hydrogen-bond acceptors (Lipinski definition) is 4. The molecule has 21 heavy (non-hydrogen) atoms. The molecular formula is C13H16N4O3S. The fourth-order valence-electron chi connectivity index (χ4n) is 2.04. The minimum atomic E-state index is -3.77. The number of primary sulfonamides is 1. The van der Waals surface area contributed by atoms with Gasteiger partial charge < -0.3 is 9.88 Å². The summed E-state index contributed by atoms with van der Waals surface area (Å²) in [5.74, 6) is -0.315. The smallest absolute Gasteiger partial charge is 0.273 e. The third kappa shape index (κ3) is 3.11. The van der Waals surface area contributed by atoms with Crippen molar-refractivity contribution in [3.8, 4) is 0 Å². The Balaban J connectivity index is 2.38. The van der Waals surface area contributed by atoms with Crippen molar-refractivity contribution >= 4 is 21.6 Å². The molecule has 0 aliphatic heterocycles. The van der Waals surface area contributed by atoms with Gasteiger partial charge in [0.1, 0.15) is 5.69 Å². The van der Waals surface area contributed by atoms with Crippen LogP contribution < -0.4 is 10.5 Å². The van der Waals surface area contributed by atoms with Crippen LogP contribution in [0.4, 0.5) is 5.69 Å². The predicted molar refractivity (Wildman–Crippen MR) is 78.5 cm³/mol. The molecule has 1 heterocycles. The second kappa shape index (κ2) is 5.30. The zero-order chi connectivity index (χ0) is 15.8. The maximum absolute atomic E-state index is 12.2. The van der Waals surface area contributed by atoms with Gasteiger partial charge in [-0.1, -0.05) is 0 Å². The minimum Gasteiger partial charge on any atom is -0.330 e. The van der Waals surface area contributed by atoms with Crippen molar-refractivity contribution in [2.24, 2.45) is 12.2 Å². The van der Waals surface area contributed by atoms with E-state index in [2.05, 4.69) is 10.3 Å². The number of nitrogens with one attached hydrogen (secondary N) is 1. The normalized spacial score (nSPS) is 11.4. The average molecular weight is 308 g/mol.